The van der Waals surface area contributed by atoms with Crippen molar-refractivity contribution in [2.45, 2.75) is 76.3 Å². The fraction of sp³-hybridized carbons (Fsp3) is 0.714. The van der Waals surface area contributed by atoms with Crippen LogP contribution in [-0.4, -0.2) is 18.5 Å². The van der Waals surface area contributed by atoms with Crippen molar-refractivity contribution in [1.82, 2.24) is 0 Å². The largest absolute Gasteiger partial charge is 0.345 e. The molecule has 0 saturated carbocycles. The maximum atomic E-state index is 6.55. The Kier molecular flexibility index (Phi) is 5.01. The van der Waals surface area contributed by atoms with Crippen molar-refractivity contribution in [2.24, 2.45) is 17.8 Å². The number of rotatable bonds is 3. The average Bonchev–Trinajstić information content (AvgIpc) is 3.09. The molecule has 1 saturated heterocycles. The van der Waals surface area contributed by atoms with Gasteiger partial charge in [-0.15, -0.1) is 0 Å². The molecule has 0 aromatic heterocycles. The summed E-state index contributed by atoms with van der Waals surface area (Å²) in [6.07, 6.45) is 25.9. The lowest BCUT2D eigenvalue weighted by Crippen LogP contribution is -2.36. The van der Waals surface area contributed by atoms with Gasteiger partial charge >= 0.3 is 0 Å². The first-order valence-corrected chi connectivity index (χ1v) is 9.73. The topological polar surface area (TPSA) is 18.5 Å². The van der Waals surface area contributed by atoms with E-state index in [4.69, 9.17) is 9.47 Å². The predicted molar refractivity (Wildman–Crippen MR) is 93.0 cm³/mol. The van der Waals surface area contributed by atoms with Crippen molar-refractivity contribution in [2.75, 3.05) is 0 Å². The predicted octanol–water partition coefficient (Wildman–Crippen LogP) is 5.17. The summed E-state index contributed by atoms with van der Waals surface area (Å²) in [4.78, 5) is 0. The number of hydrogen-bond donors (Lipinski definition) is 0. The zero-order valence-corrected chi connectivity index (χ0v) is 14.1. The molecule has 0 aromatic rings. The zero-order valence-electron chi connectivity index (χ0n) is 14.1. The molecule has 0 amide bonds. The molecule has 2 heteroatoms. The summed E-state index contributed by atoms with van der Waals surface area (Å²) >= 11 is 0. The van der Waals surface area contributed by atoms with Crippen LogP contribution >= 0.6 is 0 Å². The van der Waals surface area contributed by atoms with Crippen LogP contribution in [-0.2, 0) is 9.47 Å². The Morgan fingerprint density at radius 1 is 0.565 bits per heavy atom. The van der Waals surface area contributed by atoms with Gasteiger partial charge in [-0.2, -0.15) is 0 Å². The van der Waals surface area contributed by atoms with Crippen LogP contribution < -0.4 is 0 Å². The van der Waals surface area contributed by atoms with Crippen molar-refractivity contribution in [3.8, 4) is 0 Å². The zero-order chi connectivity index (χ0) is 15.5. The maximum Gasteiger partial charge on any atom is 0.164 e. The van der Waals surface area contributed by atoms with Crippen molar-refractivity contribution in [3.05, 3.63) is 36.5 Å². The van der Waals surface area contributed by atoms with Crippen molar-refractivity contribution < 1.29 is 9.47 Å². The fourth-order valence-electron chi connectivity index (χ4n) is 4.68. The third kappa shape index (κ3) is 3.49. The first-order valence-electron chi connectivity index (χ1n) is 9.73. The van der Waals surface area contributed by atoms with Gasteiger partial charge in [0.05, 0.1) is 12.2 Å². The highest BCUT2D eigenvalue weighted by Crippen LogP contribution is 2.40. The molecule has 1 aliphatic heterocycles. The van der Waals surface area contributed by atoms with E-state index in [1.807, 2.05) is 0 Å². The number of hydrogen-bond acceptors (Lipinski definition) is 2. The molecule has 1 heterocycles. The van der Waals surface area contributed by atoms with E-state index in [-0.39, 0.29) is 18.5 Å². The number of allylic oxidation sites excluding steroid dienone is 3. The highest BCUT2D eigenvalue weighted by Gasteiger charge is 2.45. The van der Waals surface area contributed by atoms with Crippen LogP contribution in [0, 0.1) is 17.8 Å². The second-order valence-electron chi connectivity index (χ2n) is 7.64. The first kappa shape index (κ1) is 15.7. The Morgan fingerprint density at radius 3 is 1.39 bits per heavy atom. The van der Waals surface area contributed by atoms with E-state index in [1.54, 1.807) is 0 Å². The van der Waals surface area contributed by atoms with Crippen LogP contribution in [0.1, 0.15) is 57.8 Å². The van der Waals surface area contributed by atoms with Gasteiger partial charge in [0, 0.05) is 17.8 Å². The summed E-state index contributed by atoms with van der Waals surface area (Å²) in [5.41, 5.74) is 0. The van der Waals surface area contributed by atoms with Crippen LogP contribution in [0.4, 0.5) is 0 Å². The van der Waals surface area contributed by atoms with Gasteiger partial charge in [0.15, 0.2) is 6.29 Å². The third-order valence-corrected chi connectivity index (χ3v) is 5.97. The lowest BCUT2D eigenvalue weighted by Gasteiger charge is -2.30. The molecule has 1 fully saturated rings. The molecule has 0 aromatic carbocycles. The SMILES string of the molecule is C1=CC(C2O[C@H](C3C=CCCC3)[C@@H](C3C=CCCC3)O2)CCC1. The van der Waals surface area contributed by atoms with E-state index >= 15 is 0 Å². The molecule has 4 aliphatic rings. The van der Waals surface area contributed by atoms with Gasteiger partial charge < -0.3 is 9.47 Å². The maximum absolute atomic E-state index is 6.55. The van der Waals surface area contributed by atoms with E-state index < -0.39 is 0 Å². The molecule has 2 nitrogen and oxygen atoms in total. The summed E-state index contributed by atoms with van der Waals surface area (Å²) < 4.78 is 13.1. The van der Waals surface area contributed by atoms with Gasteiger partial charge in [-0.3, -0.25) is 0 Å². The normalized spacial score (nSPS) is 43.8. The van der Waals surface area contributed by atoms with Crippen LogP contribution in [0.2, 0.25) is 0 Å². The Bertz CT molecular complexity index is 446. The fourth-order valence-corrected chi connectivity index (χ4v) is 4.68. The van der Waals surface area contributed by atoms with Gasteiger partial charge in [0.1, 0.15) is 0 Å². The quantitative estimate of drug-likeness (QED) is 0.669. The minimum Gasteiger partial charge on any atom is -0.345 e. The van der Waals surface area contributed by atoms with Crippen LogP contribution in [0.5, 0.6) is 0 Å². The molecular formula is C21H30O2. The highest BCUT2D eigenvalue weighted by atomic mass is 16.7. The van der Waals surface area contributed by atoms with E-state index in [9.17, 15) is 0 Å². The molecule has 126 valence electrons. The van der Waals surface area contributed by atoms with Crippen LogP contribution in [0.3, 0.4) is 0 Å². The molecule has 3 aliphatic carbocycles. The minimum absolute atomic E-state index is 0.0211. The van der Waals surface area contributed by atoms with E-state index in [1.165, 1.54) is 57.8 Å². The smallest absolute Gasteiger partial charge is 0.164 e. The molecule has 0 spiro atoms. The van der Waals surface area contributed by atoms with Crippen molar-refractivity contribution >= 4 is 0 Å². The van der Waals surface area contributed by atoms with Gasteiger partial charge in [0.25, 0.3) is 0 Å². The van der Waals surface area contributed by atoms with Gasteiger partial charge in [0.2, 0.25) is 0 Å². The Hall–Kier alpha value is -0.860. The molecule has 3 unspecified atom stereocenters. The summed E-state index contributed by atoms with van der Waals surface area (Å²) in [7, 11) is 0. The lowest BCUT2D eigenvalue weighted by molar-refractivity contribution is -0.102. The molecule has 4 rings (SSSR count). The summed E-state index contributed by atoms with van der Waals surface area (Å²) in [6.45, 7) is 0. The van der Waals surface area contributed by atoms with Crippen molar-refractivity contribution in [1.29, 1.82) is 0 Å². The Morgan fingerprint density at radius 2 is 1.00 bits per heavy atom. The average molecular weight is 314 g/mol. The Balaban J connectivity index is 1.52. The second-order valence-corrected chi connectivity index (χ2v) is 7.64. The highest BCUT2D eigenvalue weighted by molar-refractivity contribution is 5.07. The van der Waals surface area contributed by atoms with Crippen LogP contribution in [0.25, 0.3) is 0 Å². The standard InChI is InChI=1S/C21H30O2/c1-4-10-16(11-5-1)19-20(17-12-6-2-7-13-17)23-21(22-19)18-14-8-3-9-15-18/h4,6,8,10,12,14,16-21H,1-3,5,7,9,11,13,15H2/t16?,17?,18?,19-,20-,21?/m1/s1. The van der Waals surface area contributed by atoms with Gasteiger partial charge in [-0.05, 0) is 57.8 Å². The second kappa shape index (κ2) is 7.36. The monoisotopic (exact) mass is 314 g/mol. The molecular weight excluding hydrogens is 284 g/mol. The minimum atomic E-state index is -0.0211. The molecule has 0 N–H and O–H groups in total. The van der Waals surface area contributed by atoms with Crippen LogP contribution in [0.15, 0.2) is 36.5 Å². The third-order valence-electron chi connectivity index (χ3n) is 5.97. The molecule has 0 radical (unpaired) electrons. The lowest BCUT2D eigenvalue weighted by atomic mass is 9.81. The summed E-state index contributed by atoms with van der Waals surface area (Å²) in [5.74, 6) is 1.54. The van der Waals surface area contributed by atoms with E-state index in [2.05, 4.69) is 36.5 Å². The summed E-state index contributed by atoms with van der Waals surface area (Å²) in [6, 6.07) is 0. The van der Waals surface area contributed by atoms with Gasteiger partial charge in [-0.1, -0.05) is 36.5 Å². The first-order chi connectivity index (χ1) is 11.4. The van der Waals surface area contributed by atoms with E-state index in [0.717, 1.165) is 0 Å². The van der Waals surface area contributed by atoms with E-state index in [0.29, 0.717) is 17.8 Å². The molecule has 5 atom stereocenters. The molecule has 0 bridgehead atoms. The number of ether oxygens (including phenoxy) is 2. The summed E-state index contributed by atoms with van der Waals surface area (Å²) in [5, 5.41) is 0. The van der Waals surface area contributed by atoms with Gasteiger partial charge in [-0.25, -0.2) is 0 Å². The molecule has 23 heavy (non-hydrogen) atoms. The Labute approximate surface area is 140 Å². The van der Waals surface area contributed by atoms with Crippen molar-refractivity contribution in [3.63, 3.8) is 0 Å².